The van der Waals surface area contributed by atoms with Crippen molar-refractivity contribution in [3.8, 4) is 0 Å². The Balaban J connectivity index is 2.48. The van der Waals surface area contributed by atoms with Crippen LogP contribution in [0.4, 0.5) is 5.69 Å². The summed E-state index contributed by atoms with van der Waals surface area (Å²) in [6, 6.07) is 12.0. The highest BCUT2D eigenvalue weighted by Gasteiger charge is 2.21. The van der Waals surface area contributed by atoms with Crippen LogP contribution in [0.25, 0.3) is 0 Å². The quantitative estimate of drug-likeness (QED) is 0.865. The topological polar surface area (TPSA) is 37.4 Å². The van der Waals surface area contributed by atoms with Crippen molar-refractivity contribution in [1.29, 1.82) is 0 Å². The summed E-state index contributed by atoms with van der Waals surface area (Å²) in [4.78, 5) is 0.187. The van der Waals surface area contributed by atoms with Crippen LogP contribution in [0.2, 0.25) is 5.02 Å². The normalized spacial score (nSPS) is 11.4. The molecule has 0 heterocycles. The van der Waals surface area contributed by atoms with Crippen LogP contribution in [0, 0.1) is 13.8 Å². The van der Waals surface area contributed by atoms with Gasteiger partial charge in [0.2, 0.25) is 0 Å². The molecule has 0 bridgehead atoms. The molecule has 0 radical (unpaired) electrons. The monoisotopic (exact) mass is 309 g/mol. The number of hydrogen-bond donors (Lipinski definition) is 0. The molecule has 0 aliphatic carbocycles. The Labute approximate surface area is 124 Å². The van der Waals surface area contributed by atoms with E-state index >= 15 is 0 Å². The number of rotatable bonds is 3. The largest absolute Gasteiger partial charge is 0.269 e. The maximum Gasteiger partial charge on any atom is 0.264 e. The molecule has 3 nitrogen and oxygen atoms in total. The van der Waals surface area contributed by atoms with E-state index in [4.69, 9.17) is 11.6 Å². The van der Waals surface area contributed by atoms with Gasteiger partial charge in [0.05, 0.1) is 10.6 Å². The molecule has 0 fully saturated rings. The van der Waals surface area contributed by atoms with Crippen LogP contribution in [0.3, 0.4) is 0 Å². The van der Waals surface area contributed by atoms with E-state index in [1.54, 1.807) is 25.2 Å². The number of nitrogens with zero attached hydrogens (tertiary/aromatic N) is 1. The molecule has 2 aromatic carbocycles. The summed E-state index contributed by atoms with van der Waals surface area (Å²) in [6.07, 6.45) is 0. The van der Waals surface area contributed by atoms with Crippen LogP contribution in [0.5, 0.6) is 0 Å². The molecule has 106 valence electrons. The average molecular weight is 310 g/mol. The van der Waals surface area contributed by atoms with Gasteiger partial charge in [0, 0.05) is 12.1 Å². The van der Waals surface area contributed by atoms with E-state index < -0.39 is 10.0 Å². The molecule has 0 amide bonds. The Morgan fingerprint density at radius 2 is 1.60 bits per heavy atom. The van der Waals surface area contributed by atoms with Gasteiger partial charge in [0.1, 0.15) is 0 Å². The molecule has 0 spiro atoms. The van der Waals surface area contributed by atoms with Crippen molar-refractivity contribution >= 4 is 27.3 Å². The second-order valence-electron chi connectivity index (χ2n) is 4.78. The number of anilines is 1. The van der Waals surface area contributed by atoms with Crippen molar-refractivity contribution in [1.82, 2.24) is 0 Å². The number of sulfonamides is 1. The van der Waals surface area contributed by atoms with Gasteiger partial charge < -0.3 is 0 Å². The summed E-state index contributed by atoms with van der Waals surface area (Å²) >= 11 is 5.87. The predicted molar refractivity (Wildman–Crippen MR) is 83.0 cm³/mol. The Kier molecular flexibility index (Phi) is 4.06. The molecule has 0 aliphatic rings. The molecule has 0 aromatic heterocycles. The van der Waals surface area contributed by atoms with Gasteiger partial charge in [0.25, 0.3) is 10.0 Å². The number of hydrogen-bond acceptors (Lipinski definition) is 2. The first-order valence-electron chi connectivity index (χ1n) is 6.13. The molecule has 0 N–H and O–H groups in total. The zero-order chi connectivity index (χ0) is 14.9. The van der Waals surface area contributed by atoms with E-state index in [1.165, 1.54) is 10.4 Å². The van der Waals surface area contributed by atoms with E-state index in [0.29, 0.717) is 10.7 Å². The van der Waals surface area contributed by atoms with Crippen LogP contribution < -0.4 is 4.31 Å². The molecule has 2 rings (SSSR count). The fourth-order valence-electron chi connectivity index (χ4n) is 2.06. The maximum absolute atomic E-state index is 12.6. The van der Waals surface area contributed by atoms with Crippen LogP contribution in [-0.4, -0.2) is 15.5 Å². The lowest BCUT2D eigenvalue weighted by Crippen LogP contribution is -2.26. The molecule has 0 atom stereocenters. The second kappa shape index (κ2) is 5.46. The summed E-state index contributed by atoms with van der Waals surface area (Å²) in [5.41, 5.74) is 2.68. The highest BCUT2D eigenvalue weighted by Crippen LogP contribution is 2.25. The minimum atomic E-state index is -3.60. The zero-order valence-corrected chi connectivity index (χ0v) is 13.2. The van der Waals surface area contributed by atoms with Crippen molar-refractivity contribution in [3.63, 3.8) is 0 Å². The highest BCUT2D eigenvalue weighted by atomic mass is 35.5. The fraction of sp³-hybridized carbons (Fsp3) is 0.200. The molecular formula is C15H16ClNO2S. The third kappa shape index (κ3) is 2.97. The second-order valence-corrected chi connectivity index (χ2v) is 7.18. The molecule has 2 aromatic rings. The Morgan fingerprint density at radius 3 is 2.15 bits per heavy atom. The fourth-order valence-corrected chi connectivity index (χ4v) is 3.54. The standard InChI is InChI=1S/C15H16ClNO2S/c1-11-7-12(2)9-14(8-11)17(3)20(18,19)15-6-4-5-13(16)10-15/h4-10H,1-3H3. The van der Waals surface area contributed by atoms with Gasteiger partial charge in [-0.2, -0.15) is 0 Å². The van der Waals surface area contributed by atoms with Crippen molar-refractivity contribution in [2.24, 2.45) is 0 Å². The molecule has 5 heteroatoms. The van der Waals surface area contributed by atoms with Gasteiger partial charge in [-0.25, -0.2) is 8.42 Å². The first kappa shape index (κ1) is 14.9. The smallest absolute Gasteiger partial charge is 0.264 e. The Hall–Kier alpha value is -1.52. The zero-order valence-electron chi connectivity index (χ0n) is 11.6. The summed E-state index contributed by atoms with van der Waals surface area (Å²) in [5.74, 6) is 0. The van der Waals surface area contributed by atoms with Gasteiger partial charge in [-0.05, 0) is 55.3 Å². The van der Waals surface area contributed by atoms with Gasteiger partial charge >= 0.3 is 0 Å². The van der Waals surface area contributed by atoms with Gasteiger partial charge in [0.15, 0.2) is 0 Å². The Bertz CT molecular complexity index is 721. The van der Waals surface area contributed by atoms with Crippen LogP contribution in [0.1, 0.15) is 11.1 Å². The van der Waals surface area contributed by atoms with Crippen molar-refractivity contribution in [2.45, 2.75) is 18.7 Å². The van der Waals surface area contributed by atoms with Crippen molar-refractivity contribution < 1.29 is 8.42 Å². The lowest BCUT2D eigenvalue weighted by molar-refractivity contribution is 0.594. The number of aryl methyl sites for hydroxylation is 2. The van der Waals surface area contributed by atoms with Gasteiger partial charge in [-0.1, -0.05) is 23.7 Å². The van der Waals surface area contributed by atoms with E-state index in [2.05, 4.69) is 0 Å². The van der Waals surface area contributed by atoms with Crippen molar-refractivity contribution in [2.75, 3.05) is 11.4 Å². The van der Waals surface area contributed by atoms with Crippen molar-refractivity contribution in [3.05, 3.63) is 58.6 Å². The van der Waals surface area contributed by atoms with Crippen LogP contribution in [-0.2, 0) is 10.0 Å². The minimum Gasteiger partial charge on any atom is -0.269 e. The number of halogens is 1. The third-order valence-corrected chi connectivity index (χ3v) is 5.04. The predicted octanol–water partition coefficient (Wildman–Crippen LogP) is 3.78. The Morgan fingerprint density at radius 1 is 1.00 bits per heavy atom. The van der Waals surface area contributed by atoms with E-state index in [1.807, 2.05) is 32.0 Å². The van der Waals surface area contributed by atoms with Gasteiger partial charge in [-0.15, -0.1) is 0 Å². The lowest BCUT2D eigenvalue weighted by atomic mass is 10.1. The lowest BCUT2D eigenvalue weighted by Gasteiger charge is -2.20. The summed E-state index contributed by atoms with van der Waals surface area (Å²) in [7, 11) is -2.05. The summed E-state index contributed by atoms with van der Waals surface area (Å²) in [6.45, 7) is 3.88. The van der Waals surface area contributed by atoms with E-state index in [0.717, 1.165) is 11.1 Å². The molecule has 0 unspecified atom stereocenters. The highest BCUT2D eigenvalue weighted by molar-refractivity contribution is 7.92. The molecule has 0 aliphatic heterocycles. The van der Waals surface area contributed by atoms with E-state index in [-0.39, 0.29) is 4.90 Å². The number of benzene rings is 2. The molecule has 20 heavy (non-hydrogen) atoms. The molecule has 0 saturated heterocycles. The van der Waals surface area contributed by atoms with E-state index in [9.17, 15) is 8.42 Å². The average Bonchev–Trinajstić information content (AvgIpc) is 2.36. The first-order chi connectivity index (χ1) is 9.30. The summed E-state index contributed by atoms with van der Waals surface area (Å²) < 4.78 is 26.4. The van der Waals surface area contributed by atoms with Gasteiger partial charge in [-0.3, -0.25) is 4.31 Å². The molecular weight excluding hydrogens is 294 g/mol. The maximum atomic E-state index is 12.6. The molecule has 0 saturated carbocycles. The van der Waals surface area contributed by atoms with Crippen LogP contribution in [0.15, 0.2) is 47.4 Å². The SMILES string of the molecule is Cc1cc(C)cc(N(C)S(=O)(=O)c2cccc(Cl)c2)c1. The van der Waals surface area contributed by atoms with Crippen LogP contribution >= 0.6 is 11.6 Å². The minimum absolute atomic E-state index is 0.187. The third-order valence-electron chi connectivity index (χ3n) is 3.02. The summed E-state index contributed by atoms with van der Waals surface area (Å²) in [5, 5.41) is 0.403. The first-order valence-corrected chi connectivity index (χ1v) is 7.95.